The predicted molar refractivity (Wildman–Crippen MR) is 84.0 cm³/mol. The van der Waals surface area contributed by atoms with Crippen LogP contribution in [0.3, 0.4) is 0 Å². The second-order valence-electron chi connectivity index (χ2n) is 4.98. The van der Waals surface area contributed by atoms with Crippen molar-refractivity contribution in [3.8, 4) is 0 Å². The van der Waals surface area contributed by atoms with Crippen LogP contribution >= 0.6 is 11.6 Å². The third kappa shape index (κ3) is 4.03. The van der Waals surface area contributed by atoms with Crippen LogP contribution in [0.4, 0.5) is 4.39 Å². The highest BCUT2D eigenvalue weighted by atomic mass is 35.5. The Balaban J connectivity index is 2.08. The monoisotopic (exact) mass is 305 g/mol. The van der Waals surface area contributed by atoms with Crippen LogP contribution in [-0.2, 0) is 13.1 Å². The molecule has 0 radical (unpaired) electrons. The Bertz CT molecular complexity index is 658. The summed E-state index contributed by atoms with van der Waals surface area (Å²) in [7, 11) is 1.90. The first-order valence-corrected chi connectivity index (χ1v) is 6.90. The van der Waals surface area contributed by atoms with Crippen LogP contribution in [0.25, 0.3) is 0 Å². The van der Waals surface area contributed by atoms with Crippen molar-refractivity contribution in [1.82, 2.24) is 4.90 Å². The summed E-state index contributed by atoms with van der Waals surface area (Å²) in [5.74, 6) is -0.217. The van der Waals surface area contributed by atoms with Gasteiger partial charge >= 0.3 is 0 Å². The van der Waals surface area contributed by atoms with Gasteiger partial charge in [0.1, 0.15) is 11.7 Å². The summed E-state index contributed by atoms with van der Waals surface area (Å²) in [5, 5.41) is 7.94. The SMILES string of the molecule is CN(Cc1ccccc1F)Cc1ccc(C(=N)N)cc1Cl. The molecule has 3 N–H and O–H groups in total. The van der Waals surface area contributed by atoms with E-state index in [4.69, 9.17) is 22.7 Å². The zero-order valence-electron chi connectivity index (χ0n) is 11.7. The highest BCUT2D eigenvalue weighted by molar-refractivity contribution is 6.31. The third-order valence-corrected chi connectivity index (χ3v) is 3.55. The molecule has 0 unspecified atom stereocenters. The Hall–Kier alpha value is -1.91. The minimum atomic E-state index is -0.206. The van der Waals surface area contributed by atoms with Gasteiger partial charge in [0.25, 0.3) is 0 Å². The molecule has 0 heterocycles. The lowest BCUT2D eigenvalue weighted by molar-refractivity contribution is 0.313. The van der Waals surface area contributed by atoms with Crippen molar-refractivity contribution < 1.29 is 4.39 Å². The van der Waals surface area contributed by atoms with E-state index in [9.17, 15) is 4.39 Å². The molecule has 2 rings (SSSR count). The molecule has 0 saturated heterocycles. The molecule has 21 heavy (non-hydrogen) atoms. The van der Waals surface area contributed by atoms with Gasteiger partial charge < -0.3 is 5.73 Å². The van der Waals surface area contributed by atoms with Gasteiger partial charge in [-0.25, -0.2) is 4.39 Å². The smallest absolute Gasteiger partial charge is 0.127 e. The first-order valence-electron chi connectivity index (χ1n) is 6.52. The van der Waals surface area contributed by atoms with Gasteiger partial charge in [0, 0.05) is 29.2 Å². The van der Waals surface area contributed by atoms with Crippen molar-refractivity contribution in [3.05, 3.63) is 70.0 Å². The molecule has 0 bridgehead atoms. The molecule has 3 nitrogen and oxygen atoms in total. The normalized spacial score (nSPS) is 10.9. The topological polar surface area (TPSA) is 53.1 Å². The molecule has 0 amide bonds. The molecular weight excluding hydrogens is 289 g/mol. The van der Waals surface area contributed by atoms with Gasteiger partial charge in [0.2, 0.25) is 0 Å². The Morgan fingerprint density at radius 1 is 1.19 bits per heavy atom. The molecule has 0 spiro atoms. The second kappa shape index (κ2) is 6.70. The van der Waals surface area contributed by atoms with Gasteiger partial charge in [-0.3, -0.25) is 10.3 Å². The highest BCUT2D eigenvalue weighted by Crippen LogP contribution is 2.20. The van der Waals surface area contributed by atoms with Crippen LogP contribution < -0.4 is 5.73 Å². The van der Waals surface area contributed by atoms with Gasteiger partial charge in [-0.1, -0.05) is 41.9 Å². The third-order valence-electron chi connectivity index (χ3n) is 3.20. The Kier molecular flexibility index (Phi) is 4.94. The maximum atomic E-state index is 13.6. The summed E-state index contributed by atoms with van der Waals surface area (Å²) < 4.78 is 13.6. The summed E-state index contributed by atoms with van der Waals surface area (Å²) in [5.41, 5.74) is 7.59. The van der Waals surface area contributed by atoms with Gasteiger partial charge in [-0.15, -0.1) is 0 Å². The van der Waals surface area contributed by atoms with Crippen LogP contribution in [0, 0.1) is 11.2 Å². The summed E-state index contributed by atoms with van der Waals surface area (Å²) >= 11 is 6.20. The van der Waals surface area contributed by atoms with Gasteiger partial charge in [-0.05, 0) is 24.7 Å². The maximum absolute atomic E-state index is 13.6. The van der Waals surface area contributed by atoms with E-state index < -0.39 is 0 Å². The lowest BCUT2D eigenvalue weighted by Gasteiger charge is -2.18. The van der Waals surface area contributed by atoms with Crippen molar-refractivity contribution >= 4 is 17.4 Å². The lowest BCUT2D eigenvalue weighted by atomic mass is 10.1. The van der Waals surface area contributed by atoms with Crippen LogP contribution in [0.5, 0.6) is 0 Å². The van der Waals surface area contributed by atoms with E-state index in [2.05, 4.69) is 0 Å². The molecule has 2 aromatic rings. The number of benzene rings is 2. The molecule has 0 aliphatic rings. The van der Waals surface area contributed by atoms with Crippen molar-refractivity contribution in [2.75, 3.05) is 7.05 Å². The lowest BCUT2D eigenvalue weighted by Crippen LogP contribution is -2.18. The second-order valence-corrected chi connectivity index (χ2v) is 5.39. The maximum Gasteiger partial charge on any atom is 0.127 e. The van der Waals surface area contributed by atoms with E-state index in [0.29, 0.717) is 29.2 Å². The fraction of sp³-hybridized carbons (Fsp3) is 0.188. The molecule has 0 aliphatic heterocycles. The number of rotatable bonds is 5. The zero-order chi connectivity index (χ0) is 15.4. The summed E-state index contributed by atoms with van der Waals surface area (Å²) in [6.45, 7) is 1.09. The minimum Gasteiger partial charge on any atom is -0.384 e. The number of nitrogen functional groups attached to an aromatic ring is 1. The Labute approximate surface area is 128 Å². The van der Waals surface area contributed by atoms with Crippen LogP contribution in [0.2, 0.25) is 5.02 Å². The number of hydrogen-bond donors (Lipinski definition) is 2. The molecular formula is C16H17ClFN3. The standard InChI is InChI=1S/C16H17ClFN3/c1-21(10-13-4-2-3-5-15(13)18)9-12-7-6-11(16(19)20)8-14(12)17/h2-8H,9-10H2,1H3,(H3,19,20). The molecule has 0 atom stereocenters. The van der Waals surface area contributed by atoms with Crippen molar-refractivity contribution in [3.63, 3.8) is 0 Å². The number of nitrogens with zero attached hydrogens (tertiary/aromatic N) is 1. The number of nitrogens with two attached hydrogens (primary N) is 1. The molecule has 110 valence electrons. The first kappa shape index (κ1) is 15.5. The molecule has 0 aromatic heterocycles. The Morgan fingerprint density at radius 2 is 1.86 bits per heavy atom. The van der Waals surface area contributed by atoms with Gasteiger partial charge in [-0.2, -0.15) is 0 Å². The molecule has 5 heteroatoms. The van der Waals surface area contributed by atoms with E-state index >= 15 is 0 Å². The van der Waals surface area contributed by atoms with E-state index in [0.717, 1.165) is 5.56 Å². The average Bonchev–Trinajstić information content (AvgIpc) is 2.43. The van der Waals surface area contributed by atoms with Crippen molar-refractivity contribution in [2.45, 2.75) is 13.1 Å². The van der Waals surface area contributed by atoms with E-state index in [-0.39, 0.29) is 11.7 Å². The van der Waals surface area contributed by atoms with Crippen molar-refractivity contribution in [1.29, 1.82) is 5.41 Å². The highest BCUT2D eigenvalue weighted by Gasteiger charge is 2.09. The van der Waals surface area contributed by atoms with E-state index in [1.165, 1.54) is 6.07 Å². The minimum absolute atomic E-state index is 0.0110. The van der Waals surface area contributed by atoms with Crippen LogP contribution in [0.15, 0.2) is 42.5 Å². The first-order chi connectivity index (χ1) is 9.97. The zero-order valence-corrected chi connectivity index (χ0v) is 12.5. The van der Waals surface area contributed by atoms with E-state index in [1.807, 2.05) is 24.1 Å². The summed E-state index contributed by atoms with van der Waals surface area (Å²) in [4.78, 5) is 1.98. The van der Waals surface area contributed by atoms with Gasteiger partial charge in [0.05, 0.1) is 0 Å². The molecule has 0 fully saturated rings. The fourth-order valence-corrected chi connectivity index (χ4v) is 2.35. The average molecular weight is 306 g/mol. The largest absolute Gasteiger partial charge is 0.384 e. The number of nitrogens with one attached hydrogen (secondary N) is 1. The quantitative estimate of drug-likeness (QED) is 0.657. The van der Waals surface area contributed by atoms with Crippen molar-refractivity contribution in [2.24, 2.45) is 5.73 Å². The Morgan fingerprint density at radius 3 is 2.48 bits per heavy atom. The molecule has 2 aromatic carbocycles. The molecule has 0 aliphatic carbocycles. The van der Waals surface area contributed by atoms with E-state index in [1.54, 1.807) is 24.3 Å². The fourth-order valence-electron chi connectivity index (χ4n) is 2.11. The summed E-state index contributed by atoms with van der Waals surface area (Å²) in [6, 6.07) is 12.0. The number of halogens is 2. The number of hydrogen-bond acceptors (Lipinski definition) is 2. The van der Waals surface area contributed by atoms with Crippen LogP contribution in [0.1, 0.15) is 16.7 Å². The predicted octanol–water partition coefficient (Wildman–Crippen LogP) is 3.40. The van der Waals surface area contributed by atoms with Crippen LogP contribution in [-0.4, -0.2) is 17.8 Å². The summed E-state index contributed by atoms with van der Waals surface area (Å²) in [6.07, 6.45) is 0. The van der Waals surface area contributed by atoms with Gasteiger partial charge in [0.15, 0.2) is 0 Å². The molecule has 0 saturated carbocycles. The number of amidine groups is 1.